The summed E-state index contributed by atoms with van der Waals surface area (Å²) in [7, 11) is 0. The smallest absolute Gasteiger partial charge is 0.238 e. The average Bonchev–Trinajstić information content (AvgIpc) is 3.67. The Morgan fingerprint density at radius 2 is 1.26 bits per heavy atom. The molecular formula is C40H23N5O. The highest BCUT2D eigenvalue weighted by atomic mass is 16.3. The number of para-hydroxylation sites is 1. The highest BCUT2D eigenvalue weighted by Crippen LogP contribution is 2.38. The van der Waals surface area contributed by atoms with Crippen molar-refractivity contribution in [1.29, 1.82) is 0 Å². The van der Waals surface area contributed by atoms with E-state index in [9.17, 15) is 0 Å². The molecule has 4 aromatic heterocycles. The molecular weight excluding hydrogens is 566 g/mol. The van der Waals surface area contributed by atoms with Crippen molar-refractivity contribution in [2.24, 2.45) is 0 Å². The number of nitrogens with zero attached hydrogens (tertiary/aromatic N) is 5. The first-order chi connectivity index (χ1) is 22.8. The van der Waals surface area contributed by atoms with E-state index >= 15 is 0 Å². The lowest BCUT2D eigenvalue weighted by Gasteiger charge is -2.12. The predicted octanol–water partition coefficient (Wildman–Crippen LogP) is 9.90. The Balaban J connectivity index is 1.32. The van der Waals surface area contributed by atoms with Crippen LogP contribution in [0.25, 0.3) is 94.1 Å². The summed E-state index contributed by atoms with van der Waals surface area (Å²) in [6.07, 6.45) is 1.75. The van der Waals surface area contributed by atoms with Gasteiger partial charge in [0.25, 0.3) is 0 Å². The molecule has 0 aliphatic heterocycles. The summed E-state index contributed by atoms with van der Waals surface area (Å²) >= 11 is 0. The Kier molecular flexibility index (Phi) is 5.19. The van der Waals surface area contributed by atoms with E-state index in [0.717, 1.165) is 54.7 Å². The number of fused-ring (bicyclic) bond motifs is 9. The molecule has 0 amide bonds. The van der Waals surface area contributed by atoms with Gasteiger partial charge in [-0.1, -0.05) is 97.1 Å². The van der Waals surface area contributed by atoms with E-state index < -0.39 is 0 Å². The number of benzene rings is 6. The van der Waals surface area contributed by atoms with E-state index in [0.29, 0.717) is 23.3 Å². The van der Waals surface area contributed by atoms with E-state index in [1.165, 1.54) is 16.2 Å². The van der Waals surface area contributed by atoms with Gasteiger partial charge in [0.1, 0.15) is 5.58 Å². The molecule has 10 aromatic rings. The minimum Gasteiger partial charge on any atom is -0.438 e. The lowest BCUT2D eigenvalue weighted by molar-refractivity contribution is 0.654. The van der Waals surface area contributed by atoms with Crippen molar-refractivity contribution in [3.05, 3.63) is 140 Å². The summed E-state index contributed by atoms with van der Waals surface area (Å²) in [5.74, 6) is 1.72. The van der Waals surface area contributed by atoms with Gasteiger partial charge >= 0.3 is 0 Å². The van der Waals surface area contributed by atoms with E-state index in [2.05, 4.69) is 113 Å². The van der Waals surface area contributed by atoms with Gasteiger partial charge in [0, 0.05) is 38.9 Å². The van der Waals surface area contributed by atoms with Gasteiger partial charge in [-0.2, -0.15) is 9.97 Å². The minimum atomic E-state index is 0.553. The summed E-state index contributed by atoms with van der Waals surface area (Å²) in [5, 5.41) is 8.86. The third kappa shape index (κ3) is 3.64. The second kappa shape index (κ2) is 9.55. The molecule has 0 saturated carbocycles. The quantitative estimate of drug-likeness (QED) is 0.205. The van der Waals surface area contributed by atoms with Gasteiger partial charge in [-0.15, -0.1) is 0 Å². The molecule has 46 heavy (non-hydrogen) atoms. The predicted molar refractivity (Wildman–Crippen MR) is 185 cm³/mol. The van der Waals surface area contributed by atoms with Crippen molar-refractivity contribution < 1.29 is 4.42 Å². The lowest BCUT2D eigenvalue weighted by atomic mass is 10.0. The topological polar surface area (TPSA) is 69.6 Å². The number of hydrogen-bond donors (Lipinski definition) is 0. The van der Waals surface area contributed by atoms with Crippen LogP contribution >= 0.6 is 0 Å². The van der Waals surface area contributed by atoms with Crippen LogP contribution in [0.2, 0.25) is 0 Å². The molecule has 0 saturated heterocycles. The fourth-order valence-corrected chi connectivity index (χ4v) is 6.84. The largest absolute Gasteiger partial charge is 0.438 e. The second-order valence-corrected chi connectivity index (χ2v) is 11.5. The molecule has 10 rings (SSSR count). The Hall–Kier alpha value is -6.40. The van der Waals surface area contributed by atoms with Crippen LogP contribution in [0.5, 0.6) is 0 Å². The van der Waals surface area contributed by atoms with Crippen LogP contribution in [0.15, 0.2) is 144 Å². The second-order valence-electron chi connectivity index (χ2n) is 11.5. The molecule has 4 heterocycles. The van der Waals surface area contributed by atoms with Crippen LogP contribution in [0.4, 0.5) is 0 Å². The molecule has 0 aliphatic carbocycles. The molecule has 0 atom stereocenters. The molecule has 0 radical (unpaired) electrons. The SMILES string of the molecule is c1ccc2cc(-c3nc(-c4cccc5oc6ncccc6c45)nc(-n4c5ccccc5c5c6ccccc6ccc54)n3)ccc2c1. The van der Waals surface area contributed by atoms with E-state index in [4.69, 9.17) is 19.4 Å². The zero-order valence-electron chi connectivity index (χ0n) is 24.4. The Bertz CT molecular complexity index is 2830. The molecule has 0 spiro atoms. The maximum absolute atomic E-state index is 6.15. The van der Waals surface area contributed by atoms with Gasteiger partial charge in [-0.25, -0.2) is 9.97 Å². The van der Waals surface area contributed by atoms with E-state index in [1.54, 1.807) is 6.20 Å². The summed E-state index contributed by atoms with van der Waals surface area (Å²) in [5.41, 5.74) is 5.18. The van der Waals surface area contributed by atoms with Gasteiger partial charge in [-0.3, -0.25) is 4.57 Å². The van der Waals surface area contributed by atoms with E-state index in [-0.39, 0.29) is 0 Å². The van der Waals surface area contributed by atoms with Gasteiger partial charge in [-0.05, 0) is 57.9 Å². The van der Waals surface area contributed by atoms with Crippen molar-refractivity contribution in [1.82, 2.24) is 24.5 Å². The maximum atomic E-state index is 6.15. The number of rotatable bonds is 3. The number of hydrogen-bond acceptors (Lipinski definition) is 5. The van der Waals surface area contributed by atoms with Crippen LogP contribution in [-0.2, 0) is 0 Å². The number of aromatic nitrogens is 5. The highest BCUT2D eigenvalue weighted by molar-refractivity contribution is 6.21. The first-order valence-electron chi connectivity index (χ1n) is 15.2. The van der Waals surface area contributed by atoms with E-state index in [1.807, 2.05) is 30.3 Å². The number of furan rings is 1. The molecule has 0 fully saturated rings. The molecule has 0 bridgehead atoms. The van der Waals surface area contributed by atoms with Gasteiger partial charge in [0.15, 0.2) is 11.6 Å². The monoisotopic (exact) mass is 589 g/mol. The normalized spacial score (nSPS) is 11.9. The third-order valence-electron chi connectivity index (χ3n) is 8.91. The standard InChI is InChI=1S/C40H23N5O/c1-2-11-26-23-27(19-18-24(26)9-1)37-42-38(30-14-7-17-34-36(30)31-15-8-22-41-39(31)46-34)44-40(43-37)45-32-16-6-5-13-29(32)35-28-12-4-3-10-25(28)20-21-33(35)45/h1-23H. The van der Waals surface area contributed by atoms with Crippen LogP contribution < -0.4 is 0 Å². The lowest BCUT2D eigenvalue weighted by Crippen LogP contribution is -2.06. The number of pyridine rings is 1. The Labute approximate surface area is 262 Å². The summed E-state index contributed by atoms with van der Waals surface area (Å²) < 4.78 is 8.32. The molecule has 0 aliphatic rings. The highest BCUT2D eigenvalue weighted by Gasteiger charge is 2.21. The summed E-state index contributed by atoms with van der Waals surface area (Å²) in [6, 6.07) is 46.0. The van der Waals surface area contributed by atoms with Gasteiger partial charge in [0.2, 0.25) is 11.7 Å². The van der Waals surface area contributed by atoms with Crippen molar-refractivity contribution in [2.75, 3.05) is 0 Å². The Morgan fingerprint density at radius 3 is 2.20 bits per heavy atom. The summed E-state index contributed by atoms with van der Waals surface area (Å²) in [6.45, 7) is 0. The van der Waals surface area contributed by atoms with Gasteiger partial charge in [0.05, 0.1) is 11.0 Å². The molecule has 6 heteroatoms. The molecule has 6 aromatic carbocycles. The van der Waals surface area contributed by atoms with Crippen molar-refractivity contribution >= 4 is 65.4 Å². The molecule has 6 nitrogen and oxygen atoms in total. The van der Waals surface area contributed by atoms with Crippen LogP contribution in [0, 0.1) is 0 Å². The van der Waals surface area contributed by atoms with Crippen molar-refractivity contribution in [3.63, 3.8) is 0 Å². The molecule has 214 valence electrons. The zero-order chi connectivity index (χ0) is 30.2. The first kappa shape index (κ1) is 25.0. The fraction of sp³-hybridized carbons (Fsp3) is 0. The molecule has 0 N–H and O–H groups in total. The zero-order valence-corrected chi connectivity index (χ0v) is 24.4. The fourth-order valence-electron chi connectivity index (χ4n) is 6.84. The van der Waals surface area contributed by atoms with Gasteiger partial charge < -0.3 is 4.42 Å². The van der Waals surface area contributed by atoms with Crippen molar-refractivity contribution in [3.8, 4) is 28.7 Å². The first-order valence-corrected chi connectivity index (χ1v) is 15.2. The molecule has 0 unspecified atom stereocenters. The Morgan fingerprint density at radius 1 is 0.500 bits per heavy atom. The minimum absolute atomic E-state index is 0.553. The average molecular weight is 590 g/mol. The third-order valence-corrected chi connectivity index (χ3v) is 8.91. The maximum Gasteiger partial charge on any atom is 0.238 e. The summed E-state index contributed by atoms with van der Waals surface area (Å²) in [4.78, 5) is 20.0. The van der Waals surface area contributed by atoms with Crippen LogP contribution in [0.1, 0.15) is 0 Å². The van der Waals surface area contributed by atoms with Crippen LogP contribution in [0.3, 0.4) is 0 Å². The van der Waals surface area contributed by atoms with Crippen molar-refractivity contribution in [2.45, 2.75) is 0 Å². The van der Waals surface area contributed by atoms with Crippen LogP contribution in [-0.4, -0.2) is 24.5 Å².